The lowest BCUT2D eigenvalue weighted by Gasteiger charge is -2.32. The van der Waals surface area contributed by atoms with Crippen molar-refractivity contribution in [1.82, 2.24) is 30.2 Å². The Bertz CT molecular complexity index is 945. The lowest BCUT2D eigenvalue weighted by molar-refractivity contribution is 0.0691. The number of nitrogens with zero attached hydrogens (tertiary/aromatic N) is 5. The summed E-state index contributed by atoms with van der Waals surface area (Å²) in [5.41, 5.74) is 2.94. The third-order valence-corrected chi connectivity index (χ3v) is 5.06. The lowest BCUT2D eigenvalue weighted by Crippen LogP contribution is -2.47. The van der Waals surface area contributed by atoms with Gasteiger partial charge in [0.1, 0.15) is 0 Å². The number of benzene rings is 1. The summed E-state index contributed by atoms with van der Waals surface area (Å²) in [6.45, 7) is 3.36. The van der Waals surface area contributed by atoms with E-state index in [0.29, 0.717) is 18.3 Å². The Morgan fingerprint density at radius 1 is 1.27 bits per heavy atom. The Kier molecular flexibility index (Phi) is 4.38. The molecule has 0 bridgehead atoms. The first-order chi connectivity index (χ1) is 12.7. The molecule has 1 aromatic carbocycles. The van der Waals surface area contributed by atoms with Crippen molar-refractivity contribution in [2.45, 2.75) is 25.8 Å². The smallest absolute Gasteiger partial charge is 0.276 e. The number of fused-ring (bicyclic) bond motifs is 1. The van der Waals surface area contributed by atoms with Gasteiger partial charge in [-0.15, -0.1) is 5.10 Å². The van der Waals surface area contributed by atoms with Gasteiger partial charge in [-0.3, -0.25) is 9.78 Å². The van der Waals surface area contributed by atoms with Crippen molar-refractivity contribution in [3.8, 4) is 5.69 Å². The molecule has 1 atom stereocenters. The van der Waals surface area contributed by atoms with Crippen LogP contribution in [0.25, 0.3) is 16.6 Å². The quantitative estimate of drug-likeness (QED) is 0.781. The molecule has 1 saturated heterocycles. The van der Waals surface area contributed by atoms with E-state index in [4.69, 9.17) is 0 Å². The van der Waals surface area contributed by atoms with E-state index in [1.807, 2.05) is 49.2 Å². The third-order valence-electron chi connectivity index (χ3n) is 5.06. The van der Waals surface area contributed by atoms with Crippen molar-refractivity contribution in [2.24, 2.45) is 0 Å². The van der Waals surface area contributed by atoms with Crippen LogP contribution >= 0.6 is 0 Å². The van der Waals surface area contributed by atoms with E-state index in [2.05, 4.69) is 20.6 Å². The van der Waals surface area contributed by atoms with E-state index in [1.165, 1.54) is 0 Å². The number of likely N-dealkylation sites (N-methyl/N-ethyl adjacent to an activating group) is 1. The van der Waals surface area contributed by atoms with Gasteiger partial charge in [-0.1, -0.05) is 11.3 Å². The van der Waals surface area contributed by atoms with Gasteiger partial charge in [0, 0.05) is 30.7 Å². The van der Waals surface area contributed by atoms with E-state index in [0.717, 1.165) is 41.7 Å². The number of amides is 1. The van der Waals surface area contributed by atoms with Crippen molar-refractivity contribution >= 4 is 16.8 Å². The zero-order chi connectivity index (χ0) is 18.1. The minimum absolute atomic E-state index is 0.0490. The Balaban J connectivity index is 1.69. The van der Waals surface area contributed by atoms with Crippen molar-refractivity contribution in [3.63, 3.8) is 0 Å². The van der Waals surface area contributed by atoms with Crippen LogP contribution in [0.5, 0.6) is 0 Å². The summed E-state index contributed by atoms with van der Waals surface area (Å²) < 4.78 is 1.73. The largest absolute Gasteiger partial charge is 0.336 e. The van der Waals surface area contributed by atoms with Gasteiger partial charge in [0.25, 0.3) is 5.91 Å². The Morgan fingerprint density at radius 2 is 2.15 bits per heavy atom. The molecule has 1 unspecified atom stereocenters. The number of piperidine rings is 1. The third kappa shape index (κ3) is 2.84. The summed E-state index contributed by atoms with van der Waals surface area (Å²) in [6.07, 6.45) is 3.86. The SMILES string of the molecule is CNC1CCCN(C(=O)c2nnn(-c3cccc4ncccc34)c2C)C1. The van der Waals surface area contributed by atoms with E-state index in [1.54, 1.807) is 10.9 Å². The first-order valence-electron chi connectivity index (χ1n) is 8.92. The molecule has 0 spiro atoms. The highest BCUT2D eigenvalue weighted by Crippen LogP contribution is 2.22. The molecule has 26 heavy (non-hydrogen) atoms. The first-order valence-corrected chi connectivity index (χ1v) is 8.92. The van der Waals surface area contributed by atoms with Crippen LogP contribution in [-0.4, -0.2) is 57.0 Å². The Morgan fingerprint density at radius 3 is 3.00 bits per heavy atom. The second kappa shape index (κ2) is 6.84. The zero-order valence-corrected chi connectivity index (χ0v) is 15.0. The predicted octanol–water partition coefficient (Wildman–Crippen LogP) is 1.95. The van der Waals surface area contributed by atoms with Crippen LogP contribution in [0.2, 0.25) is 0 Å². The van der Waals surface area contributed by atoms with Crippen LogP contribution in [0.3, 0.4) is 0 Å². The second-order valence-electron chi connectivity index (χ2n) is 6.66. The minimum Gasteiger partial charge on any atom is -0.336 e. The van der Waals surface area contributed by atoms with Crippen molar-refractivity contribution in [3.05, 3.63) is 47.9 Å². The second-order valence-corrected chi connectivity index (χ2v) is 6.66. The molecule has 1 N–H and O–H groups in total. The molecule has 1 aliphatic rings. The van der Waals surface area contributed by atoms with Crippen LogP contribution in [0.15, 0.2) is 36.5 Å². The number of nitrogens with one attached hydrogen (secondary N) is 1. The van der Waals surface area contributed by atoms with E-state index in [-0.39, 0.29) is 5.91 Å². The standard InChI is InChI=1S/C19H22N6O/c1-13-18(19(26)24-11-5-6-14(12-24)20-2)22-23-25(13)17-9-3-8-16-15(17)7-4-10-21-16/h3-4,7-10,14,20H,5-6,11-12H2,1-2H3. The number of aromatic nitrogens is 4. The molecule has 3 heterocycles. The number of carbonyl (C=O) groups excluding carboxylic acids is 1. The molecule has 7 nitrogen and oxygen atoms in total. The molecule has 2 aromatic heterocycles. The fourth-order valence-corrected chi connectivity index (χ4v) is 3.57. The molecule has 3 aromatic rings. The number of hydrogen-bond acceptors (Lipinski definition) is 5. The Labute approximate surface area is 152 Å². The Hall–Kier alpha value is -2.80. The van der Waals surface area contributed by atoms with Gasteiger partial charge in [-0.25, -0.2) is 4.68 Å². The number of carbonyl (C=O) groups is 1. The predicted molar refractivity (Wildman–Crippen MR) is 99.4 cm³/mol. The summed E-state index contributed by atoms with van der Waals surface area (Å²) in [7, 11) is 1.94. The average molecular weight is 350 g/mol. The van der Waals surface area contributed by atoms with Gasteiger partial charge < -0.3 is 10.2 Å². The van der Waals surface area contributed by atoms with Gasteiger partial charge in [0.05, 0.1) is 16.9 Å². The summed E-state index contributed by atoms with van der Waals surface area (Å²) in [6, 6.07) is 10.1. The monoisotopic (exact) mass is 350 g/mol. The summed E-state index contributed by atoms with van der Waals surface area (Å²) in [5, 5.41) is 12.7. The van der Waals surface area contributed by atoms with Crippen LogP contribution in [0, 0.1) is 6.92 Å². The van der Waals surface area contributed by atoms with Crippen LogP contribution in [0.1, 0.15) is 29.0 Å². The van der Waals surface area contributed by atoms with Crippen LogP contribution in [0.4, 0.5) is 0 Å². The lowest BCUT2D eigenvalue weighted by atomic mass is 10.1. The van der Waals surface area contributed by atoms with Crippen LogP contribution in [-0.2, 0) is 0 Å². The zero-order valence-electron chi connectivity index (χ0n) is 15.0. The highest BCUT2D eigenvalue weighted by atomic mass is 16.2. The molecule has 7 heteroatoms. The minimum atomic E-state index is -0.0490. The topological polar surface area (TPSA) is 75.9 Å². The van der Waals surface area contributed by atoms with E-state index < -0.39 is 0 Å². The van der Waals surface area contributed by atoms with E-state index in [9.17, 15) is 4.79 Å². The van der Waals surface area contributed by atoms with Crippen LogP contribution < -0.4 is 5.32 Å². The van der Waals surface area contributed by atoms with Gasteiger partial charge in [0.2, 0.25) is 0 Å². The molecule has 1 amide bonds. The number of hydrogen-bond donors (Lipinski definition) is 1. The van der Waals surface area contributed by atoms with Gasteiger partial charge >= 0.3 is 0 Å². The summed E-state index contributed by atoms with van der Waals surface area (Å²) >= 11 is 0. The maximum atomic E-state index is 13.0. The highest BCUT2D eigenvalue weighted by molar-refractivity contribution is 5.94. The fraction of sp³-hybridized carbons (Fsp3) is 0.368. The van der Waals surface area contributed by atoms with Crippen molar-refractivity contribution in [2.75, 3.05) is 20.1 Å². The highest BCUT2D eigenvalue weighted by Gasteiger charge is 2.27. The molecule has 4 rings (SSSR count). The van der Waals surface area contributed by atoms with Gasteiger partial charge in [-0.2, -0.15) is 0 Å². The van der Waals surface area contributed by atoms with E-state index >= 15 is 0 Å². The molecule has 1 fully saturated rings. The van der Waals surface area contributed by atoms with Gasteiger partial charge in [-0.05, 0) is 51.1 Å². The molecule has 1 aliphatic heterocycles. The fourth-order valence-electron chi connectivity index (χ4n) is 3.57. The molecule has 0 radical (unpaired) electrons. The average Bonchev–Trinajstić information content (AvgIpc) is 3.08. The van der Waals surface area contributed by atoms with Crippen molar-refractivity contribution in [1.29, 1.82) is 0 Å². The normalized spacial score (nSPS) is 17.6. The summed E-state index contributed by atoms with van der Waals surface area (Å²) in [5.74, 6) is -0.0490. The van der Waals surface area contributed by atoms with Gasteiger partial charge in [0.15, 0.2) is 5.69 Å². The molecule has 0 saturated carbocycles. The molecular formula is C19H22N6O. The maximum absolute atomic E-state index is 13.0. The number of rotatable bonds is 3. The number of pyridine rings is 1. The molecule has 134 valence electrons. The molecule has 0 aliphatic carbocycles. The maximum Gasteiger partial charge on any atom is 0.276 e. The van der Waals surface area contributed by atoms with Crippen molar-refractivity contribution < 1.29 is 4.79 Å². The number of likely N-dealkylation sites (tertiary alicyclic amines) is 1. The first kappa shape index (κ1) is 16.7. The summed E-state index contributed by atoms with van der Waals surface area (Å²) in [4.78, 5) is 19.2. The molecular weight excluding hydrogens is 328 g/mol.